The molecule has 0 heterocycles. The van der Waals surface area contributed by atoms with Gasteiger partial charge < -0.3 is 0 Å². The summed E-state index contributed by atoms with van der Waals surface area (Å²) >= 11 is 0. The molecule has 0 aromatic heterocycles. The Balaban J connectivity index is 2.51. The van der Waals surface area contributed by atoms with Gasteiger partial charge in [-0.2, -0.15) is 12.8 Å². The van der Waals surface area contributed by atoms with Crippen LogP contribution < -0.4 is 0 Å². The molecule has 1 aliphatic carbocycles. The molecule has 1 atom stereocenters. The average Bonchev–Trinajstić information content (AvgIpc) is 2.42. The first-order chi connectivity index (χ1) is 9.33. The monoisotopic (exact) mass is 291 g/mol. The van der Waals surface area contributed by atoms with Gasteiger partial charge in [0.2, 0.25) is 5.78 Å². The zero-order valence-corrected chi connectivity index (χ0v) is 11.8. The Kier molecular flexibility index (Phi) is 3.67. The Hall–Kier alpha value is -2.08. The Labute approximate surface area is 117 Å². The number of carbonyl (C=O) groups excluding carboxylic acids is 2. The van der Waals surface area contributed by atoms with E-state index in [2.05, 4.69) is 4.40 Å². The van der Waals surface area contributed by atoms with Crippen LogP contribution in [0.15, 0.2) is 51.3 Å². The van der Waals surface area contributed by atoms with Crippen molar-refractivity contribution < 1.29 is 18.0 Å². The van der Waals surface area contributed by atoms with E-state index in [0.717, 1.165) is 6.08 Å². The molecule has 6 heteroatoms. The molecule has 1 unspecified atom stereocenters. The number of Topliss-reactive ketones (excluding diaryl/α,β-unsaturated/α-hetero) is 1. The molecular weight excluding hydrogens is 278 g/mol. The number of nitrogens with zero attached hydrogens (tertiary/aromatic N) is 1. The van der Waals surface area contributed by atoms with Gasteiger partial charge in [0.05, 0.1) is 10.8 Å². The van der Waals surface area contributed by atoms with Crippen molar-refractivity contribution in [3.8, 4) is 0 Å². The molecule has 0 N–H and O–H groups in total. The van der Waals surface area contributed by atoms with Crippen molar-refractivity contribution in [2.45, 2.75) is 18.7 Å². The van der Waals surface area contributed by atoms with Crippen LogP contribution in [0.1, 0.15) is 13.8 Å². The van der Waals surface area contributed by atoms with E-state index in [-0.39, 0.29) is 16.4 Å². The standard InChI is InChI=1S/C14H13NO4S/c1-9-8-12(16)13(10(2)14(9)17)15-20(18,19)11-6-4-3-5-7-11/h3-8,10H,1-2H3. The molecule has 0 aliphatic heterocycles. The van der Waals surface area contributed by atoms with Crippen LogP contribution in [-0.2, 0) is 19.6 Å². The summed E-state index contributed by atoms with van der Waals surface area (Å²) in [7, 11) is -3.98. The lowest BCUT2D eigenvalue weighted by Crippen LogP contribution is -2.33. The van der Waals surface area contributed by atoms with E-state index >= 15 is 0 Å². The van der Waals surface area contributed by atoms with Gasteiger partial charge in [-0.3, -0.25) is 9.59 Å². The van der Waals surface area contributed by atoms with Crippen LogP contribution in [0.2, 0.25) is 0 Å². The highest BCUT2D eigenvalue weighted by Crippen LogP contribution is 2.19. The largest absolute Gasteiger partial charge is 0.294 e. The molecule has 1 aromatic carbocycles. The summed E-state index contributed by atoms with van der Waals surface area (Å²) in [4.78, 5) is 23.6. The van der Waals surface area contributed by atoms with Gasteiger partial charge in [0.25, 0.3) is 10.0 Å². The van der Waals surface area contributed by atoms with Gasteiger partial charge in [-0.05, 0) is 37.6 Å². The molecule has 0 saturated heterocycles. The van der Waals surface area contributed by atoms with Gasteiger partial charge in [-0.15, -0.1) is 0 Å². The molecule has 0 bridgehead atoms. The second kappa shape index (κ2) is 5.13. The van der Waals surface area contributed by atoms with Gasteiger partial charge in [0.15, 0.2) is 5.78 Å². The number of carbonyl (C=O) groups is 2. The van der Waals surface area contributed by atoms with Crippen molar-refractivity contribution in [3.05, 3.63) is 42.0 Å². The van der Waals surface area contributed by atoms with Crippen molar-refractivity contribution >= 4 is 27.3 Å². The number of rotatable bonds is 2. The zero-order valence-electron chi connectivity index (χ0n) is 11.0. The highest BCUT2D eigenvalue weighted by Gasteiger charge is 2.32. The van der Waals surface area contributed by atoms with E-state index in [1.165, 1.54) is 26.0 Å². The molecule has 2 rings (SSSR count). The van der Waals surface area contributed by atoms with Crippen molar-refractivity contribution in [3.63, 3.8) is 0 Å². The van der Waals surface area contributed by atoms with E-state index in [1.807, 2.05) is 0 Å². The minimum atomic E-state index is -3.98. The topological polar surface area (TPSA) is 80.6 Å². The van der Waals surface area contributed by atoms with Crippen LogP contribution in [0.5, 0.6) is 0 Å². The number of hydrogen-bond acceptors (Lipinski definition) is 4. The minimum Gasteiger partial charge on any atom is -0.294 e. The number of allylic oxidation sites excluding steroid dienone is 2. The average molecular weight is 291 g/mol. The lowest BCUT2D eigenvalue weighted by Gasteiger charge is -2.16. The Bertz CT molecular complexity index is 730. The molecule has 0 amide bonds. The predicted octanol–water partition coefficient (Wildman–Crippen LogP) is 1.55. The second-order valence-corrected chi connectivity index (χ2v) is 6.15. The molecule has 0 saturated carbocycles. The molecule has 0 radical (unpaired) electrons. The normalized spacial score (nSPS) is 22.0. The van der Waals surface area contributed by atoms with Crippen LogP contribution in [0.25, 0.3) is 0 Å². The summed E-state index contributed by atoms with van der Waals surface area (Å²) in [5.74, 6) is -1.66. The Morgan fingerprint density at radius 2 is 1.70 bits per heavy atom. The fraction of sp³-hybridized carbons (Fsp3) is 0.214. The van der Waals surface area contributed by atoms with Gasteiger partial charge in [0, 0.05) is 0 Å². The number of benzene rings is 1. The number of hydrogen-bond donors (Lipinski definition) is 0. The Morgan fingerprint density at radius 3 is 2.30 bits per heavy atom. The molecule has 1 aromatic rings. The quantitative estimate of drug-likeness (QED) is 0.828. The summed E-state index contributed by atoms with van der Waals surface area (Å²) in [5, 5.41) is 0. The van der Waals surface area contributed by atoms with Crippen molar-refractivity contribution in [1.29, 1.82) is 0 Å². The number of ketones is 2. The minimum absolute atomic E-state index is 0.00813. The zero-order chi connectivity index (χ0) is 14.9. The molecule has 1 aliphatic rings. The van der Waals surface area contributed by atoms with Gasteiger partial charge in [0.1, 0.15) is 5.71 Å². The third kappa shape index (κ3) is 2.60. The molecule has 5 nitrogen and oxygen atoms in total. The van der Waals surface area contributed by atoms with E-state index in [4.69, 9.17) is 0 Å². The third-order valence-corrected chi connectivity index (χ3v) is 4.36. The highest BCUT2D eigenvalue weighted by molar-refractivity contribution is 7.90. The van der Waals surface area contributed by atoms with E-state index < -0.39 is 21.7 Å². The van der Waals surface area contributed by atoms with Crippen LogP contribution >= 0.6 is 0 Å². The maximum Gasteiger partial charge on any atom is 0.282 e. The molecule has 104 valence electrons. The lowest BCUT2D eigenvalue weighted by atomic mass is 9.87. The Morgan fingerprint density at radius 1 is 1.10 bits per heavy atom. The van der Waals surface area contributed by atoms with Crippen molar-refractivity contribution in [2.24, 2.45) is 10.3 Å². The maximum atomic E-state index is 12.1. The van der Waals surface area contributed by atoms with Crippen molar-refractivity contribution in [1.82, 2.24) is 0 Å². The first-order valence-corrected chi connectivity index (χ1v) is 7.43. The highest BCUT2D eigenvalue weighted by atomic mass is 32.2. The number of sulfonamides is 1. The summed E-state index contributed by atoms with van der Waals surface area (Å²) in [6.07, 6.45) is 1.13. The summed E-state index contributed by atoms with van der Waals surface area (Å²) in [6, 6.07) is 7.58. The van der Waals surface area contributed by atoms with Crippen LogP contribution in [0, 0.1) is 5.92 Å². The fourth-order valence-corrected chi connectivity index (χ4v) is 3.03. The predicted molar refractivity (Wildman–Crippen MR) is 74.0 cm³/mol. The van der Waals surface area contributed by atoms with Crippen LogP contribution in [0.3, 0.4) is 0 Å². The van der Waals surface area contributed by atoms with Gasteiger partial charge in [-0.1, -0.05) is 18.2 Å². The molecule has 20 heavy (non-hydrogen) atoms. The molecule has 0 fully saturated rings. The van der Waals surface area contributed by atoms with Crippen molar-refractivity contribution in [2.75, 3.05) is 0 Å². The van der Waals surface area contributed by atoms with Crippen LogP contribution in [-0.4, -0.2) is 25.7 Å². The summed E-state index contributed by atoms with van der Waals surface area (Å²) < 4.78 is 27.8. The molecular formula is C14H13NO4S. The van der Waals surface area contributed by atoms with Gasteiger partial charge >= 0.3 is 0 Å². The molecule has 0 spiro atoms. The SMILES string of the molecule is CC1=CC(=O)C(=NS(=O)(=O)c2ccccc2)C(C)C1=O. The fourth-order valence-electron chi connectivity index (χ4n) is 1.92. The van der Waals surface area contributed by atoms with E-state index in [1.54, 1.807) is 18.2 Å². The van der Waals surface area contributed by atoms with E-state index in [9.17, 15) is 18.0 Å². The van der Waals surface area contributed by atoms with Gasteiger partial charge in [-0.25, -0.2) is 0 Å². The summed E-state index contributed by atoms with van der Waals surface area (Å²) in [5.41, 5.74) is 0.0861. The maximum absolute atomic E-state index is 12.1. The smallest absolute Gasteiger partial charge is 0.282 e. The lowest BCUT2D eigenvalue weighted by molar-refractivity contribution is -0.119. The second-order valence-electron chi connectivity index (χ2n) is 4.54. The third-order valence-electron chi connectivity index (χ3n) is 3.05. The first-order valence-electron chi connectivity index (χ1n) is 5.99. The van der Waals surface area contributed by atoms with Crippen LogP contribution in [0.4, 0.5) is 0 Å². The van der Waals surface area contributed by atoms with E-state index in [0.29, 0.717) is 5.57 Å². The summed E-state index contributed by atoms with van der Waals surface area (Å²) in [6.45, 7) is 3.01. The first kappa shape index (κ1) is 14.3.